The molecule has 0 aliphatic rings. The lowest BCUT2D eigenvalue weighted by atomic mass is 10.0. The van der Waals surface area contributed by atoms with Crippen molar-refractivity contribution >= 4 is 13.7 Å². The van der Waals surface area contributed by atoms with Crippen molar-refractivity contribution in [1.29, 1.82) is 0 Å². The van der Waals surface area contributed by atoms with Gasteiger partial charge in [0, 0.05) is 6.42 Å². The largest absolute Gasteiger partial charge is 0.472 e. The quantitative estimate of drug-likeness (QED) is 0.0245. The maximum atomic E-state index is 12.9. The first-order valence-corrected chi connectivity index (χ1v) is 25.4. The van der Waals surface area contributed by atoms with Gasteiger partial charge in [0.05, 0.1) is 39.9 Å². The number of aliphatic hydroxyl groups excluding tert-OH is 1. The second-order valence-electron chi connectivity index (χ2n) is 17.5. The van der Waals surface area contributed by atoms with Crippen LogP contribution < -0.4 is 5.32 Å². The van der Waals surface area contributed by atoms with E-state index in [0.717, 1.165) is 38.5 Å². The van der Waals surface area contributed by atoms with Crippen LogP contribution in [-0.2, 0) is 18.4 Å². The van der Waals surface area contributed by atoms with Gasteiger partial charge in [0.15, 0.2) is 0 Å². The highest BCUT2D eigenvalue weighted by molar-refractivity contribution is 7.47. The van der Waals surface area contributed by atoms with Crippen molar-refractivity contribution in [1.82, 2.24) is 5.32 Å². The van der Waals surface area contributed by atoms with E-state index in [1.54, 1.807) is 6.08 Å². The van der Waals surface area contributed by atoms with E-state index < -0.39 is 20.0 Å². The standard InChI is InChI=1S/C48H93N2O6P/c1-6-8-10-12-14-16-18-20-22-23-24-25-26-28-29-31-33-35-37-39-41-47(51)46(45-56-57(53,54)55-44-43-50(3,4)5)49-48(52)42-40-38-36-34-32-30-27-21-19-17-15-13-11-9-7-2/h17,19,31,33,39,41,46-47,51H,6-16,18,20-30,32,34-38,40,42-45H2,1-5H3,(H-,49,52,53,54)/p+1/b19-17-,33-31+,41-39+. The summed E-state index contributed by atoms with van der Waals surface area (Å²) in [7, 11) is 1.55. The summed E-state index contributed by atoms with van der Waals surface area (Å²) in [5.74, 6) is -0.192. The van der Waals surface area contributed by atoms with Gasteiger partial charge < -0.3 is 19.8 Å². The molecule has 3 N–H and O–H groups in total. The molecular weight excluding hydrogens is 732 g/mol. The maximum Gasteiger partial charge on any atom is 0.472 e. The van der Waals surface area contributed by atoms with E-state index >= 15 is 0 Å². The molecule has 336 valence electrons. The lowest BCUT2D eigenvalue weighted by molar-refractivity contribution is -0.870. The minimum Gasteiger partial charge on any atom is -0.387 e. The van der Waals surface area contributed by atoms with E-state index in [0.29, 0.717) is 17.4 Å². The minimum atomic E-state index is -4.35. The molecule has 0 fully saturated rings. The smallest absolute Gasteiger partial charge is 0.387 e. The second kappa shape index (κ2) is 40.1. The van der Waals surface area contributed by atoms with Crippen LogP contribution >= 0.6 is 7.82 Å². The molecule has 0 aromatic rings. The zero-order valence-corrected chi connectivity index (χ0v) is 39.0. The van der Waals surface area contributed by atoms with Crippen molar-refractivity contribution in [3.63, 3.8) is 0 Å². The van der Waals surface area contributed by atoms with Crippen molar-refractivity contribution in [2.75, 3.05) is 40.9 Å². The molecule has 0 rings (SSSR count). The molecule has 0 aliphatic heterocycles. The third kappa shape index (κ3) is 42.6. The first-order valence-electron chi connectivity index (χ1n) is 23.9. The van der Waals surface area contributed by atoms with Gasteiger partial charge in [0.25, 0.3) is 0 Å². The number of aliphatic hydroxyl groups is 1. The Labute approximate surface area is 353 Å². The number of rotatable bonds is 43. The molecule has 0 saturated carbocycles. The van der Waals surface area contributed by atoms with E-state index in [4.69, 9.17) is 9.05 Å². The van der Waals surface area contributed by atoms with Crippen LogP contribution in [0.25, 0.3) is 0 Å². The number of carbonyl (C=O) groups excluding carboxylic acids is 1. The fourth-order valence-corrected chi connectivity index (χ4v) is 7.49. The lowest BCUT2D eigenvalue weighted by Gasteiger charge is -2.25. The summed E-state index contributed by atoms with van der Waals surface area (Å²) in [5.41, 5.74) is 0. The zero-order valence-electron chi connectivity index (χ0n) is 38.1. The zero-order chi connectivity index (χ0) is 42.1. The number of carbonyl (C=O) groups is 1. The molecule has 1 amide bonds. The Morgan fingerprint density at radius 3 is 1.42 bits per heavy atom. The molecule has 8 nitrogen and oxygen atoms in total. The van der Waals surface area contributed by atoms with Gasteiger partial charge in [-0.1, -0.05) is 185 Å². The van der Waals surface area contributed by atoms with Gasteiger partial charge in [0.2, 0.25) is 5.91 Å². The Balaban J connectivity index is 4.42. The van der Waals surface area contributed by atoms with Crippen molar-refractivity contribution in [3.05, 3.63) is 36.5 Å². The SMILES string of the molecule is CCCCCC/C=C\CCCCCCCCCC(=O)NC(COP(=O)(O)OCC[N+](C)(C)C)C(O)/C=C/CC/C=C/CCCCCCCCCCCCCCCC. The van der Waals surface area contributed by atoms with Crippen LogP contribution in [0.2, 0.25) is 0 Å². The number of quaternary nitrogens is 1. The number of nitrogens with one attached hydrogen (secondary N) is 1. The predicted molar refractivity (Wildman–Crippen MR) is 244 cm³/mol. The first-order chi connectivity index (χ1) is 27.5. The average molecular weight is 826 g/mol. The Hall–Kier alpha value is -1.28. The van der Waals surface area contributed by atoms with Gasteiger partial charge in [-0.2, -0.15) is 0 Å². The molecular formula is C48H94N2O6P+. The van der Waals surface area contributed by atoms with Crippen molar-refractivity contribution in [2.24, 2.45) is 0 Å². The highest BCUT2D eigenvalue weighted by Gasteiger charge is 2.27. The number of allylic oxidation sites excluding steroid dienone is 5. The van der Waals surface area contributed by atoms with Crippen LogP contribution in [0.5, 0.6) is 0 Å². The van der Waals surface area contributed by atoms with Gasteiger partial charge in [0.1, 0.15) is 13.2 Å². The molecule has 0 saturated heterocycles. The molecule has 0 aromatic carbocycles. The highest BCUT2D eigenvalue weighted by atomic mass is 31.2. The summed E-state index contributed by atoms with van der Waals surface area (Å²) in [6.45, 7) is 4.78. The Morgan fingerprint density at radius 2 is 0.965 bits per heavy atom. The molecule has 0 bridgehead atoms. The highest BCUT2D eigenvalue weighted by Crippen LogP contribution is 2.43. The number of hydrogen-bond acceptors (Lipinski definition) is 5. The number of hydrogen-bond donors (Lipinski definition) is 3. The average Bonchev–Trinajstić information content (AvgIpc) is 3.16. The molecule has 0 radical (unpaired) electrons. The molecule has 0 spiro atoms. The van der Waals surface area contributed by atoms with Crippen LogP contribution in [0, 0.1) is 0 Å². The van der Waals surface area contributed by atoms with Gasteiger partial charge >= 0.3 is 7.82 Å². The monoisotopic (exact) mass is 826 g/mol. The number of nitrogens with zero attached hydrogens (tertiary/aromatic N) is 1. The molecule has 57 heavy (non-hydrogen) atoms. The van der Waals surface area contributed by atoms with Crippen LogP contribution in [-0.4, -0.2) is 73.4 Å². The van der Waals surface area contributed by atoms with Gasteiger partial charge in [-0.05, 0) is 57.8 Å². The van der Waals surface area contributed by atoms with E-state index in [-0.39, 0.29) is 19.1 Å². The Morgan fingerprint density at radius 1 is 0.579 bits per heavy atom. The third-order valence-electron chi connectivity index (χ3n) is 10.6. The van der Waals surface area contributed by atoms with E-state index in [1.807, 2.05) is 27.2 Å². The van der Waals surface area contributed by atoms with Gasteiger partial charge in [-0.25, -0.2) is 4.57 Å². The van der Waals surface area contributed by atoms with E-state index in [1.165, 1.54) is 154 Å². The Kier molecular flexibility index (Phi) is 39.2. The van der Waals surface area contributed by atoms with E-state index in [9.17, 15) is 19.4 Å². The topological polar surface area (TPSA) is 105 Å². The lowest BCUT2D eigenvalue weighted by Crippen LogP contribution is -2.45. The number of amides is 1. The summed E-state index contributed by atoms with van der Waals surface area (Å²) in [6, 6.07) is -0.863. The normalized spacial score (nSPS) is 14.6. The predicted octanol–water partition coefficient (Wildman–Crippen LogP) is 13.5. The summed E-state index contributed by atoms with van der Waals surface area (Å²) in [6.07, 6.45) is 49.3. The minimum absolute atomic E-state index is 0.0555. The van der Waals surface area contributed by atoms with Crippen molar-refractivity contribution < 1.29 is 32.9 Å². The first kappa shape index (κ1) is 55.7. The Bertz CT molecular complexity index is 1030. The summed E-state index contributed by atoms with van der Waals surface area (Å²) in [5, 5.41) is 13.8. The molecule has 0 aliphatic carbocycles. The second-order valence-corrected chi connectivity index (χ2v) is 18.9. The fourth-order valence-electron chi connectivity index (χ4n) is 6.76. The van der Waals surface area contributed by atoms with Crippen LogP contribution in [0.15, 0.2) is 36.5 Å². The molecule has 0 aromatic heterocycles. The summed E-state index contributed by atoms with van der Waals surface area (Å²) in [4.78, 5) is 23.1. The van der Waals surface area contributed by atoms with Crippen LogP contribution in [0.1, 0.15) is 213 Å². The summed E-state index contributed by atoms with van der Waals surface area (Å²) < 4.78 is 23.6. The number of unbranched alkanes of at least 4 members (excludes halogenated alkanes) is 26. The van der Waals surface area contributed by atoms with E-state index in [2.05, 4.69) is 43.5 Å². The third-order valence-corrected chi connectivity index (χ3v) is 11.6. The molecule has 3 unspecified atom stereocenters. The summed E-state index contributed by atoms with van der Waals surface area (Å²) >= 11 is 0. The fraction of sp³-hybridized carbons (Fsp3) is 0.854. The number of phosphoric ester groups is 1. The van der Waals surface area contributed by atoms with Gasteiger partial charge in [-0.15, -0.1) is 0 Å². The molecule has 0 heterocycles. The number of phosphoric acid groups is 1. The van der Waals surface area contributed by atoms with Crippen LogP contribution in [0.4, 0.5) is 0 Å². The maximum absolute atomic E-state index is 12.9. The van der Waals surface area contributed by atoms with Crippen LogP contribution in [0.3, 0.4) is 0 Å². The molecule has 9 heteroatoms. The van der Waals surface area contributed by atoms with Crippen molar-refractivity contribution in [3.8, 4) is 0 Å². The van der Waals surface area contributed by atoms with Crippen molar-refractivity contribution in [2.45, 2.75) is 225 Å². The van der Waals surface area contributed by atoms with Gasteiger partial charge in [-0.3, -0.25) is 13.8 Å². The molecule has 3 atom stereocenters. The number of likely N-dealkylation sites (N-methyl/N-ethyl adjacent to an activating group) is 1.